The number of aliphatic hydroxyl groups is 1. The van der Waals surface area contributed by atoms with Gasteiger partial charge in [-0.05, 0) is 24.1 Å². The largest absolute Gasteiger partial charge is 0.391 e. The molecule has 0 radical (unpaired) electrons. The number of likely N-dealkylation sites (tertiary alicyclic amines) is 1. The van der Waals surface area contributed by atoms with Gasteiger partial charge in [-0.2, -0.15) is 0 Å². The number of aliphatic hydroxyl groups excluding tert-OH is 1. The molecule has 1 saturated heterocycles. The Bertz CT molecular complexity index is 419. The lowest BCUT2D eigenvalue weighted by Crippen LogP contribution is -2.25. The molecule has 0 saturated carbocycles. The van der Waals surface area contributed by atoms with E-state index >= 15 is 0 Å². The van der Waals surface area contributed by atoms with E-state index in [1.165, 1.54) is 0 Å². The van der Waals surface area contributed by atoms with Gasteiger partial charge < -0.3 is 10.0 Å². The van der Waals surface area contributed by atoms with Crippen LogP contribution in [0, 0.1) is 6.92 Å². The van der Waals surface area contributed by atoms with Crippen LogP contribution in [0.5, 0.6) is 0 Å². The van der Waals surface area contributed by atoms with Gasteiger partial charge >= 0.3 is 0 Å². The van der Waals surface area contributed by atoms with E-state index in [1.807, 2.05) is 25.1 Å². The van der Waals surface area contributed by atoms with Gasteiger partial charge in [0.25, 0.3) is 0 Å². The highest BCUT2D eigenvalue weighted by atomic mass is 35.5. The van der Waals surface area contributed by atoms with Crippen LogP contribution in [0.4, 0.5) is 0 Å². The Labute approximate surface area is 99.6 Å². The Morgan fingerprint density at radius 1 is 1.56 bits per heavy atom. The average Bonchev–Trinajstić information content (AvgIpc) is 2.50. The topological polar surface area (TPSA) is 40.5 Å². The predicted molar refractivity (Wildman–Crippen MR) is 62.2 cm³/mol. The van der Waals surface area contributed by atoms with E-state index in [2.05, 4.69) is 0 Å². The first-order valence-electron chi connectivity index (χ1n) is 5.27. The van der Waals surface area contributed by atoms with Gasteiger partial charge in [0.2, 0.25) is 5.91 Å². The smallest absolute Gasteiger partial charge is 0.225 e. The van der Waals surface area contributed by atoms with Gasteiger partial charge in [0.05, 0.1) is 12.5 Å². The monoisotopic (exact) mass is 239 g/mol. The molecule has 0 aromatic heterocycles. The summed E-state index contributed by atoms with van der Waals surface area (Å²) in [5.41, 5.74) is 2.02. The predicted octanol–water partition coefficient (Wildman–Crippen LogP) is 1.74. The summed E-state index contributed by atoms with van der Waals surface area (Å²) in [6.45, 7) is 2.86. The first-order valence-corrected chi connectivity index (χ1v) is 5.65. The lowest BCUT2D eigenvalue weighted by molar-refractivity contribution is -0.128. The molecular formula is C12H14ClNO2. The summed E-state index contributed by atoms with van der Waals surface area (Å²) in [5, 5.41) is 10.0. The second kappa shape index (κ2) is 4.44. The van der Waals surface area contributed by atoms with E-state index < -0.39 is 6.10 Å². The van der Waals surface area contributed by atoms with E-state index in [4.69, 9.17) is 11.6 Å². The van der Waals surface area contributed by atoms with Crippen molar-refractivity contribution in [2.75, 3.05) is 6.54 Å². The van der Waals surface area contributed by atoms with Crippen LogP contribution in [0.2, 0.25) is 5.02 Å². The quantitative estimate of drug-likeness (QED) is 0.854. The van der Waals surface area contributed by atoms with Crippen LogP contribution in [-0.4, -0.2) is 28.6 Å². The Balaban J connectivity index is 2.12. The van der Waals surface area contributed by atoms with Crippen molar-refractivity contribution >= 4 is 17.5 Å². The average molecular weight is 240 g/mol. The van der Waals surface area contributed by atoms with Crippen molar-refractivity contribution in [1.29, 1.82) is 0 Å². The molecule has 1 fully saturated rings. The lowest BCUT2D eigenvalue weighted by Gasteiger charge is -2.16. The number of halogens is 1. The van der Waals surface area contributed by atoms with E-state index in [1.54, 1.807) is 4.90 Å². The van der Waals surface area contributed by atoms with Gasteiger partial charge in [-0.3, -0.25) is 4.79 Å². The zero-order valence-corrected chi connectivity index (χ0v) is 9.87. The molecule has 2 rings (SSSR count). The van der Waals surface area contributed by atoms with Gasteiger partial charge in [-0.15, -0.1) is 0 Å². The summed E-state index contributed by atoms with van der Waals surface area (Å²) in [6, 6.07) is 5.78. The molecule has 1 aliphatic heterocycles. The molecule has 0 spiro atoms. The summed E-state index contributed by atoms with van der Waals surface area (Å²) in [6.07, 6.45) is -0.305. The van der Waals surface area contributed by atoms with Crippen molar-refractivity contribution in [2.24, 2.45) is 0 Å². The number of rotatable bonds is 2. The van der Waals surface area contributed by atoms with Crippen LogP contribution in [0.15, 0.2) is 18.2 Å². The number of carbonyl (C=O) groups excluding carboxylic acids is 1. The number of benzene rings is 1. The van der Waals surface area contributed by atoms with Crippen LogP contribution in [0.3, 0.4) is 0 Å². The number of nitrogens with zero attached hydrogens (tertiary/aromatic N) is 1. The Hall–Kier alpha value is -1.06. The molecule has 1 amide bonds. The second-order valence-electron chi connectivity index (χ2n) is 4.23. The van der Waals surface area contributed by atoms with Gasteiger partial charge in [-0.25, -0.2) is 0 Å². The summed E-state index contributed by atoms with van der Waals surface area (Å²) in [4.78, 5) is 13.1. The molecule has 1 N–H and O–H groups in total. The summed E-state index contributed by atoms with van der Waals surface area (Å²) < 4.78 is 0. The third-order valence-corrected chi connectivity index (χ3v) is 3.12. The standard InChI is InChI=1S/C12H14ClNO2/c1-8-2-3-9(11(13)4-8)6-14-7-10(15)5-12(14)16/h2-4,10,15H,5-7H2,1H3. The molecule has 1 aromatic carbocycles. The van der Waals surface area contributed by atoms with Crippen molar-refractivity contribution in [3.05, 3.63) is 34.3 Å². The molecule has 1 aliphatic rings. The minimum Gasteiger partial charge on any atom is -0.391 e. The molecule has 3 nitrogen and oxygen atoms in total. The van der Waals surface area contributed by atoms with Crippen molar-refractivity contribution in [2.45, 2.75) is 26.0 Å². The number of amides is 1. The van der Waals surface area contributed by atoms with Crippen molar-refractivity contribution in [1.82, 2.24) is 4.90 Å². The summed E-state index contributed by atoms with van der Waals surface area (Å²) in [5.74, 6) is -0.0101. The maximum atomic E-state index is 11.5. The highest BCUT2D eigenvalue weighted by molar-refractivity contribution is 6.31. The maximum absolute atomic E-state index is 11.5. The van der Waals surface area contributed by atoms with Crippen LogP contribution in [0.1, 0.15) is 17.5 Å². The minimum absolute atomic E-state index is 0.0101. The van der Waals surface area contributed by atoms with Gasteiger partial charge in [0.15, 0.2) is 0 Å². The SMILES string of the molecule is Cc1ccc(CN2CC(O)CC2=O)c(Cl)c1. The molecule has 16 heavy (non-hydrogen) atoms. The van der Waals surface area contributed by atoms with Gasteiger partial charge in [-0.1, -0.05) is 23.7 Å². The van der Waals surface area contributed by atoms with Crippen LogP contribution in [-0.2, 0) is 11.3 Å². The van der Waals surface area contributed by atoms with Crippen molar-refractivity contribution in [3.63, 3.8) is 0 Å². The molecule has 0 aliphatic carbocycles. The van der Waals surface area contributed by atoms with E-state index in [9.17, 15) is 9.90 Å². The first-order chi connectivity index (χ1) is 7.56. The molecule has 1 unspecified atom stereocenters. The molecule has 0 bridgehead atoms. The molecule has 86 valence electrons. The summed E-state index contributed by atoms with van der Waals surface area (Å²) in [7, 11) is 0. The third kappa shape index (κ3) is 2.36. The summed E-state index contributed by atoms with van der Waals surface area (Å²) >= 11 is 6.09. The fourth-order valence-corrected chi connectivity index (χ4v) is 2.19. The minimum atomic E-state index is -0.531. The third-order valence-electron chi connectivity index (χ3n) is 2.76. The number of hydrogen-bond acceptors (Lipinski definition) is 2. The van der Waals surface area contributed by atoms with Gasteiger partial charge in [0.1, 0.15) is 0 Å². The Kier molecular flexibility index (Phi) is 3.17. The number of aryl methyl sites for hydroxylation is 1. The van der Waals surface area contributed by atoms with Crippen molar-refractivity contribution in [3.8, 4) is 0 Å². The van der Waals surface area contributed by atoms with E-state index in [-0.39, 0.29) is 12.3 Å². The van der Waals surface area contributed by atoms with Crippen LogP contribution < -0.4 is 0 Å². The highest BCUT2D eigenvalue weighted by Crippen LogP contribution is 2.21. The second-order valence-corrected chi connectivity index (χ2v) is 4.63. The van der Waals surface area contributed by atoms with Crippen molar-refractivity contribution < 1.29 is 9.90 Å². The number of hydrogen-bond donors (Lipinski definition) is 1. The Morgan fingerprint density at radius 3 is 2.88 bits per heavy atom. The molecular weight excluding hydrogens is 226 g/mol. The highest BCUT2D eigenvalue weighted by Gasteiger charge is 2.28. The van der Waals surface area contributed by atoms with Crippen LogP contribution in [0.25, 0.3) is 0 Å². The van der Waals surface area contributed by atoms with Gasteiger partial charge in [0, 0.05) is 18.1 Å². The fraction of sp³-hybridized carbons (Fsp3) is 0.417. The molecule has 1 atom stereocenters. The molecule has 1 heterocycles. The number of β-amino-alcohol motifs (C(OH)–C–C–N with tert-alkyl or cyclic N) is 1. The van der Waals surface area contributed by atoms with E-state index in [0.717, 1.165) is 11.1 Å². The zero-order chi connectivity index (χ0) is 11.7. The fourth-order valence-electron chi connectivity index (χ4n) is 1.89. The molecule has 4 heteroatoms. The molecule has 1 aromatic rings. The van der Waals surface area contributed by atoms with E-state index in [0.29, 0.717) is 18.1 Å². The normalized spacial score (nSPS) is 20.6. The maximum Gasteiger partial charge on any atom is 0.225 e. The number of carbonyl (C=O) groups is 1. The van der Waals surface area contributed by atoms with Crippen LogP contribution >= 0.6 is 11.6 Å². The Morgan fingerprint density at radius 2 is 2.31 bits per heavy atom. The lowest BCUT2D eigenvalue weighted by atomic mass is 10.1. The zero-order valence-electron chi connectivity index (χ0n) is 9.11. The first kappa shape index (κ1) is 11.4.